The Morgan fingerprint density at radius 3 is 2.69 bits per heavy atom. The Morgan fingerprint density at radius 2 is 2.06 bits per heavy atom. The van der Waals surface area contributed by atoms with Crippen LogP contribution in [0.5, 0.6) is 0 Å². The minimum atomic E-state index is 1.04. The van der Waals surface area contributed by atoms with E-state index in [-0.39, 0.29) is 0 Å². The van der Waals surface area contributed by atoms with Gasteiger partial charge in [-0.2, -0.15) is 0 Å². The summed E-state index contributed by atoms with van der Waals surface area (Å²) in [6.45, 7) is 7.87. The normalized spacial score (nSPS) is 10.9. The van der Waals surface area contributed by atoms with Crippen molar-refractivity contribution in [3.8, 4) is 0 Å². The lowest BCUT2D eigenvalue weighted by Crippen LogP contribution is -2.24. The van der Waals surface area contributed by atoms with Gasteiger partial charge in [0.1, 0.15) is 0 Å². The number of aromatic nitrogens is 1. The SMILES string of the molecule is CCCCCCN(CC)Cc1cccnc1. The highest BCUT2D eigenvalue weighted by Crippen LogP contribution is 2.06. The molecule has 0 amide bonds. The first-order valence-corrected chi connectivity index (χ1v) is 6.48. The van der Waals surface area contributed by atoms with Gasteiger partial charge in [-0.15, -0.1) is 0 Å². The molecule has 2 heteroatoms. The van der Waals surface area contributed by atoms with E-state index in [0.29, 0.717) is 0 Å². The maximum absolute atomic E-state index is 4.16. The summed E-state index contributed by atoms with van der Waals surface area (Å²) in [5.41, 5.74) is 1.32. The molecule has 0 spiro atoms. The Bertz CT molecular complexity index is 259. The van der Waals surface area contributed by atoms with Crippen LogP contribution in [0.15, 0.2) is 24.5 Å². The van der Waals surface area contributed by atoms with E-state index in [4.69, 9.17) is 0 Å². The quantitative estimate of drug-likeness (QED) is 0.623. The minimum Gasteiger partial charge on any atom is -0.299 e. The van der Waals surface area contributed by atoms with E-state index in [2.05, 4.69) is 29.8 Å². The smallest absolute Gasteiger partial charge is 0.0312 e. The molecule has 0 aliphatic rings. The van der Waals surface area contributed by atoms with Gasteiger partial charge >= 0.3 is 0 Å². The molecule has 16 heavy (non-hydrogen) atoms. The highest BCUT2D eigenvalue weighted by atomic mass is 15.1. The number of nitrogens with zero attached hydrogens (tertiary/aromatic N) is 2. The second kappa shape index (κ2) is 8.28. The van der Waals surface area contributed by atoms with E-state index in [1.54, 1.807) is 0 Å². The predicted molar refractivity (Wildman–Crippen MR) is 69.3 cm³/mol. The second-order valence-corrected chi connectivity index (χ2v) is 4.29. The molecule has 1 rings (SSSR count). The fourth-order valence-corrected chi connectivity index (χ4v) is 1.86. The third-order valence-corrected chi connectivity index (χ3v) is 2.90. The van der Waals surface area contributed by atoms with Gasteiger partial charge in [-0.1, -0.05) is 39.2 Å². The average molecular weight is 220 g/mol. The van der Waals surface area contributed by atoms with Crippen LogP contribution in [0, 0.1) is 0 Å². The van der Waals surface area contributed by atoms with Crippen LogP contribution in [0.1, 0.15) is 45.1 Å². The Morgan fingerprint density at radius 1 is 1.19 bits per heavy atom. The monoisotopic (exact) mass is 220 g/mol. The third kappa shape index (κ3) is 5.26. The van der Waals surface area contributed by atoms with Gasteiger partial charge < -0.3 is 0 Å². The van der Waals surface area contributed by atoms with Gasteiger partial charge in [-0.3, -0.25) is 9.88 Å². The van der Waals surface area contributed by atoms with Crippen LogP contribution in [0.4, 0.5) is 0 Å². The molecule has 0 atom stereocenters. The fourth-order valence-electron chi connectivity index (χ4n) is 1.86. The van der Waals surface area contributed by atoms with Crippen molar-refractivity contribution in [2.45, 2.75) is 46.1 Å². The molecule has 0 aliphatic heterocycles. The van der Waals surface area contributed by atoms with Gasteiger partial charge in [0.25, 0.3) is 0 Å². The molecule has 90 valence electrons. The Labute approximate surface area is 99.7 Å². The summed E-state index contributed by atoms with van der Waals surface area (Å²) in [5.74, 6) is 0. The Kier molecular flexibility index (Phi) is 6.82. The van der Waals surface area contributed by atoms with Crippen molar-refractivity contribution in [2.75, 3.05) is 13.1 Å². The lowest BCUT2D eigenvalue weighted by atomic mass is 10.2. The first-order valence-electron chi connectivity index (χ1n) is 6.48. The summed E-state index contributed by atoms with van der Waals surface area (Å²) in [4.78, 5) is 6.65. The van der Waals surface area contributed by atoms with Crippen molar-refractivity contribution in [1.29, 1.82) is 0 Å². The van der Waals surface area contributed by atoms with Crippen LogP contribution >= 0.6 is 0 Å². The van der Waals surface area contributed by atoms with Crippen LogP contribution < -0.4 is 0 Å². The van der Waals surface area contributed by atoms with Crippen molar-refractivity contribution in [1.82, 2.24) is 9.88 Å². The van der Waals surface area contributed by atoms with E-state index in [9.17, 15) is 0 Å². The van der Waals surface area contributed by atoms with Crippen LogP contribution in [0.3, 0.4) is 0 Å². The van der Waals surface area contributed by atoms with E-state index < -0.39 is 0 Å². The summed E-state index contributed by atoms with van der Waals surface area (Å²) in [6, 6.07) is 4.17. The molecule has 0 saturated carbocycles. The van der Waals surface area contributed by atoms with Crippen molar-refractivity contribution in [3.05, 3.63) is 30.1 Å². The van der Waals surface area contributed by atoms with Crippen molar-refractivity contribution < 1.29 is 0 Å². The zero-order valence-corrected chi connectivity index (χ0v) is 10.7. The number of hydrogen-bond acceptors (Lipinski definition) is 2. The molecule has 0 aromatic carbocycles. The Balaban J connectivity index is 2.26. The predicted octanol–water partition coefficient (Wildman–Crippen LogP) is 3.48. The van der Waals surface area contributed by atoms with Gasteiger partial charge in [0, 0.05) is 18.9 Å². The van der Waals surface area contributed by atoms with Gasteiger partial charge in [0.05, 0.1) is 0 Å². The number of rotatable bonds is 8. The molecule has 0 radical (unpaired) electrons. The summed E-state index contributed by atoms with van der Waals surface area (Å²) < 4.78 is 0. The van der Waals surface area contributed by atoms with Crippen LogP contribution in [0.25, 0.3) is 0 Å². The standard InChI is InChI=1S/C14H24N2/c1-3-5-6-7-11-16(4-2)13-14-9-8-10-15-12-14/h8-10,12H,3-7,11,13H2,1-2H3. The molecule has 0 aliphatic carbocycles. The number of pyridine rings is 1. The highest BCUT2D eigenvalue weighted by Gasteiger charge is 2.02. The molecule has 1 aromatic heterocycles. The van der Waals surface area contributed by atoms with Crippen molar-refractivity contribution in [3.63, 3.8) is 0 Å². The molecule has 0 saturated heterocycles. The molecular weight excluding hydrogens is 196 g/mol. The maximum atomic E-state index is 4.16. The van der Waals surface area contributed by atoms with Crippen LogP contribution in [0.2, 0.25) is 0 Å². The highest BCUT2D eigenvalue weighted by molar-refractivity contribution is 5.07. The zero-order chi connectivity index (χ0) is 11.6. The summed E-state index contributed by atoms with van der Waals surface area (Å²) in [6.07, 6.45) is 9.16. The van der Waals surface area contributed by atoms with Crippen LogP contribution in [-0.2, 0) is 6.54 Å². The molecule has 2 nitrogen and oxygen atoms in total. The summed E-state index contributed by atoms with van der Waals surface area (Å²) in [7, 11) is 0. The summed E-state index contributed by atoms with van der Waals surface area (Å²) in [5, 5.41) is 0. The fraction of sp³-hybridized carbons (Fsp3) is 0.643. The van der Waals surface area contributed by atoms with Gasteiger partial charge in [-0.25, -0.2) is 0 Å². The molecule has 0 unspecified atom stereocenters. The number of hydrogen-bond donors (Lipinski definition) is 0. The zero-order valence-electron chi connectivity index (χ0n) is 10.7. The van der Waals surface area contributed by atoms with Crippen molar-refractivity contribution in [2.24, 2.45) is 0 Å². The van der Waals surface area contributed by atoms with E-state index in [1.807, 2.05) is 18.5 Å². The first-order chi connectivity index (χ1) is 7.86. The molecule has 1 aromatic rings. The minimum absolute atomic E-state index is 1.04. The maximum Gasteiger partial charge on any atom is 0.0312 e. The van der Waals surface area contributed by atoms with E-state index >= 15 is 0 Å². The third-order valence-electron chi connectivity index (χ3n) is 2.90. The molecule has 0 N–H and O–H groups in total. The largest absolute Gasteiger partial charge is 0.299 e. The molecule has 0 bridgehead atoms. The lowest BCUT2D eigenvalue weighted by Gasteiger charge is -2.20. The van der Waals surface area contributed by atoms with Crippen molar-refractivity contribution >= 4 is 0 Å². The van der Waals surface area contributed by atoms with Gasteiger partial charge in [0.15, 0.2) is 0 Å². The molecule has 0 fully saturated rings. The van der Waals surface area contributed by atoms with Gasteiger partial charge in [-0.05, 0) is 31.1 Å². The van der Waals surface area contributed by atoms with Crippen LogP contribution in [-0.4, -0.2) is 23.0 Å². The van der Waals surface area contributed by atoms with E-state index in [0.717, 1.165) is 13.1 Å². The molecule has 1 heterocycles. The molecular formula is C14H24N2. The Hall–Kier alpha value is -0.890. The van der Waals surface area contributed by atoms with Gasteiger partial charge in [0.2, 0.25) is 0 Å². The summed E-state index contributed by atoms with van der Waals surface area (Å²) >= 11 is 0. The first kappa shape index (κ1) is 13.2. The van der Waals surface area contributed by atoms with E-state index in [1.165, 1.54) is 37.8 Å². The number of unbranched alkanes of at least 4 members (excludes halogenated alkanes) is 3. The topological polar surface area (TPSA) is 16.1 Å². The lowest BCUT2D eigenvalue weighted by molar-refractivity contribution is 0.272. The second-order valence-electron chi connectivity index (χ2n) is 4.29. The average Bonchev–Trinajstić information content (AvgIpc) is 2.34.